The van der Waals surface area contributed by atoms with E-state index >= 15 is 0 Å². The van der Waals surface area contributed by atoms with Crippen LogP contribution in [0.5, 0.6) is 0 Å². The molecule has 1 fully saturated rings. The minimum absolute atomic E-state index is 0.0880. The summed E-state index contributed by atoms with van der Waals surface area (Å²) in [5.74, 6) is -1.06. The molecule has 2 aliphatic rings. The number of nitrogens with one attached hydrogen (secondary N) is 1. The Kier molecular flexibility index (Phi) is 4.45. The lowest BCUT2D eigenvalue weighted by molar-refractivity contribution is -0.150. The highest BCUT2D eigenvalue weighted by atomic mass is 32.2. The van der Waals surface area contributed by atoms with Crippen molar-refractivity contribution in [1.82, 2.24) is 10.2 Å². The van der Waals surface area contributed by atoms with Crippen LogP contribution in [0.2, 0.25) is 0 Å². The van der Waals surface area contributed by atoms with Crippen LogP contribution in [0.1, 0.15) is 18.2 Å². The largest absolute Gasteiger partial charge is 0.477 e. The minimum Gasteiger partial charge on any atom is -0.477 e. The Labute approximate surface area is 141 Å². The van der Waals surface area contributed by atoms with Gasteiger partial charge in [-0.2, -0.15) is 0 Å². The van der Waals surface area contributed by atoms with Gasteiger partial charge in [0.1, 0.15) is 17.1 Å². The van der Waals surface area contributed by atoms with Crippen molar-refractivity contribution in [3.05, 3.63) is 33.7 Å². The SMILES string of the molecule is CCC1=C(C(=O)O)N2C(=O)C(NC(=O)Cc3cccs3)C2SC1. The van der Waals surface area contributed by atoms with Gasteiger partial charge in [-0.05, 0) is 23.4 Å². The predicted molar refractivity (Wildman–Crippen MR) is 88.0 cm³/mol. The number of β-lactam (4-membered cyclic amide) rings is 1. The van der Waals surface area contributed by atoms with Gasteiger partial charge >= 0.3 is 5.97 Å². The number of thioether (sulfide) groups is 1. The second-order valence-corrected chi connectivity index (χ2v) is 7.46. The zero-order valence-electron chi connectivity index (χ0n) is 12.4. The first-order valence-electron chi connectivity index (χ1n) is 7.24. The molecule has 0 saturated carbocycles. The Morgan fingerprint density at radius 1 is 1.48 bits per heavy atom. The van der Waals surface area contributed by atoms with Crippen molar-refractivity contribution in [3.63, 3.8) is 0 Å². The molecule has 122 valence electrons. The highest BCUT2D eigenvalue weighted by Crippen LogP contribution is 2.41. The number of nitrogens with zero attached hydrogens (tertiary/aromatic N) is 1. The van der Waals surface area contributed by atoms with Crippen molar-refractivity contribution < 1.29 is 19.5 Å². The minimum atomic E-state index is -1.08. The Morgan fingerprint density at radius 3 is 2.87 bits per heavy atom. The molecular formula is C15H16N2O4S2. The van der Waals surface area contributed by atoms with Crippen LogP contribution >= 0.6 is 23.1 Å². The molecule has 0 aliphatic carbocycles. The lowest BCUT2D eigenvalue weighted by Crippen LogP contribution is -2.70. The first kappa shape index (κ1) is 16.1. The lowest BCUT2D eigenvalue weighted by atomic mass is 10.0. The molecule has 3 rings (SSSR count). The maximum atomic E-state index is 12.3. The summed E-state index contributed by atoms with van der Waals surface area (Å²) in [6.45, 7) is 1.88. The van der Waals surface area contributed by atoms with Crippen LogP contribution in [0, 0.1) is 0 Å². The third kappa shape index (κ3) is 2.88. The summed E-state index contributed by atoms with van der Waals surface area (Å²) in [6.07, 6.45) is 0.835. The number of carbonyl (C=O) groups excluding carboxylic acids is 2. The monoisotopic (exact) mass is 352 g/mol. The second-order valence-electron chi connectivity index (χ2n) is 5.32. The van der Waals surface area contributed by atoms with Gasteiger partial charge in [-0.25, -0.2) is 4.79 Å². The van der Waals surface area contributed by atoms with E-state index in [1.165, 1.54) is 28.0 Å². The van der Waals surface area contributed by atoms with Crippen molar-refractivity contribution in [2.45, 2.75) is 31.2 Å². The number of carboxylic acid groups (broad SMARTS) is 1. The van der Waals surface area contributed by atoms with Gasteiger partial charge in [0.05, 0.1) is 6.42 Å². The van der Waals surface area contributed by atoms with Gasteiger partial charge < -0.3 is 10.4 Å². The van der Waals surface area contributed by atoms with Crippen LogP contribution in [0.4, 0.5) is 0 Å². The fraction of sp³-hybridized carbons (Fsp3) is 0.400. The van der Waals surface area contributed by atoms with Crippen molar-refractivity contribution >= 4 is 40.9 Å². The quantitative estimate of drug-likeness (QED) is 0.783. The van der Waals surface area contributed by atoms with Gasteiger partial charge in [0, 0.05) is 10.6 Å². The van der Waals surface area contributed by atoms with Gasteiger partial charge in [-0.3, -0.25) is 14.5 Å². The van der Waals surface area contributed by atoms with Crippen LogP contribution in [0.15, 0.2) is 28.8 Å². The molecule has 0 spiro atoms. The summed E-state index contributed by atoms with van der Waals surface area (Å²) in [6, 6.07) is 3.10. The van der Waals surface area contributed by atoms with Crippen molar-refractivity contribution in [2.24, 2.45) is 0 Å². The average Bonchev–Trinajstić information content (AvgIpc) is 3.03. The van der Waals surface area contributed by atoms with Crippen LogP contribution < -0.4 is 5.32 Å². The first-order valence-corrected chi connectivity index (χ1v) is 9.17. The van der Waals surface area contributed by atoms with E-state index < -0.39 is 12.0 Å². The topological polar surface area (TPSA) is 86.7 Å². The fourth-order valence-corrected chi connectivity index (χ4v) is 4.90. The highest BCUT2D eigenvalue weighted by molar-refractivity contribution is 8.00. The zero-order chi connectivity index (χ0) is 16.6. The Bertz CT molecular complexity index is 684. The number of amides is 2. The maximum Gasteiger partial charge on any atom is 0.352 e. The van der Waals surface area contributed by atoms with E-state index in [0.717, 1.165) is 10.5 Å². The molecule has 23 heavy (non-hydrogen) atoms. The van der Waals surface area contributed by atoms with Crippen molar-refractivity contribution in [1.29, 1.82) is 0 Å². The molecule has 2 aliphatic heterocycles. The van der Waals surface area contributed by atoms with Crippen molar-refractivity contribution in [2.75, 3.05) is 5.75 Å². The van der Waals surface area contributed by atoms with E-state index in [4.69, 9.17) is 0 Å². The van der Waals surface area contributed by atoms with E-state index in [1.54, 1.807) is 0 Å². The summed E-state index contributed by atoms with van der Waals surface area (Å²) in [5.41, 5.74) is 0.848. The van der Waals surface area contributed by atoms with Gasteiger partial charge in [-0.1, -0.05) is 13.0 Å². The third-order valence-corrected chi connectivity index (χ3v) is 6.12. The van der Waals surface area contributed by atoms with Gasteiger partial charge in [-0.15, -0.1) is 23.1 Å². The molecule has 0 bridgehead atoms. The Hall–Kier alpha value is -1.80. The number of carboxylic acids is 1. The standard InChI is InChI=1S/C15H16N2O4S2/c1-2-8-7-23-14-11(13(19)17(14)12(8)15(20)21)16-10(18)6-9-4-3-5-22-9/h3-5,11,14H,2,6-7H2,1H3,(H,16,18)(H,20,21). The van der Waals surface area contributed by atoms with E-state index in [1.807, 2.05) is 24.4 Å². The molecule has 3 heterocycles. The number of carbonyl (C=O) groups is 3. The van der Waals surface area contributed by atoms with Crippen LogP contribution in [-0.2, 0) is 20.8 Å². The smallest absolute Gasteiger partial charge is 0.352 e. The first-order chi connectivity index (χ1) is 11.0. The summed E-state index contributed by atoms with van der Waals surface area (Å²) in [4.78, 5) is 38.1. The number of aliphatic carboxylic acids is 1. The normalized spacial score (nSPS) is 23.3. The number of hydrogen-bond donors (Lipinski definition) is 2. The molecule has 2 N–H and O–H groups in total. The van der Waals surface area contributed by atoms with Crippen LogP contribution in [0.25, 0.3) is 0 Å². The van der Waals surface area contributed by atoms with Crippen LogP contribution in [-0.4, -0.2) is 45.0 Å². The van der Waals surface area contributed by atoms with Gasteiger partial charge in [0.25, 0.3) is 5.91 Å². The van der Waals surface area contributed by atoms with Crippen molar-refractivity contribution in [3.8, 4) is 0 Å². The zero-order valence-corrected chi connectivity index (χ0v) is 14.1. The molecule has 1 saturated heterocycles. The summed E-state index contributed by atoms with van der Waals surface area (Å²) >= 11 is 2.99. The average molecular weight is 352 g/mol. The fourth-order valence-electron chi connectivity index (χ4n) is 2.75. The maximum absolute atomic E-state index is 12.3. The number of rotatable bonds is 5. The summed E-state index contributed by atoms with van der Waals surface area (Å²) in [7, 11) is 0. The molecular weight excluding hydrogens is 336 g/mol. The molecule has 6 nitrogen and oxygen atoms in total. The lowest BCUT2D eigenvalue weighted by Gasteiger charge is -2.49. The number of hydrogen-bond acceptors (Lipinski definition) is 5. The molecule has 2 atom stereocenters. The Morgan fingerprint density at radius 2 is 2.26 bits per heavy atom. The van der Waals surface area contributed by atoms with Crippen LogP contribution in [0.3, 0.4) is 0 Å². The molecule has 2 unspecified atom stereocenters. The highest BCUT2D eigenvalue weighted by Gasteiger charge is 2.53. The summed E-state index contributed by atoms with van der Waals surface area (Å²) < 4.78 is 0. The molecule has 0 radical (unpaired) electrons. The van der Waals surface area contributed by atoms with Gasteiger partial charge in [0.2, 0.25) is 5.91 Å². The molecule has 8 heteroatoms. The van der Waals surface area contributed by atoms with E-state index in [2.05, 4.69) is 5.32 Å². The van der Waals surface area contributed by atoms with E-state index in [0.29, 0.717) is 12.2 Å². The predicted octanol–water partition coefficient (Wildman–Crippen LogP) is 1.44. The van der Waals surface area contributed by atoms with E-state index in [-0.39, 0.29) is 29.3 Å². The number of thiophene rings is 1. The van der Waals surface area contributed by atoms with Gasteiger partial charge in [0.15, 0.2) is 0 Å². The third-order valence-electron chi connectivity index (χ3n) is 3.91. The van der Waals surface area contributed by atoms with E-state index in [9.17, 15) is 19.5 Å². The molecule has 0 aromatic carbocycles. The number of fused-ring (bicyclic) bond motifs is 1. The molecule has 2 amide bonds. The Balaban J connectivity index is 1.69. The molecule has 1 aromatic rings. The summed E-state index contributed by atoms with van der Waals surface area (Å²) in [5, 5.41) is 13.7. The molecule has 1 aromatic heterocycles. The second kappa shape index (κ2) is 6.37.